The number of halogens is 1. The summed E-state index contributed by atoms with van der Waals surface area (Å²) in [5.74, 6) is 3.25. The molecule has 1 unspecified atom stereocenters. The third-order valence-electron chi connectivity index (χ3n) is 8.29. The average molecular weight is 638 g/mol. The number of imidazole rings is 1. The third kappa shape index (κ3) is 5.57. The molecule has 0 aromatic carbocycles. The van der Waals surface area contributed by atoms with Crippen LogP contribution < -0.4 is 10.9 Å². The number of alkyl halides is 1. The van der Waals surface area contributed by atoms with Gasteiger partial charge in [-0.25, -0.2) is 9.37 Å². The van der Waals surface area contributed by atoms with Crippen LogP contribution in [0.2, 0.25) is 41.8 Å². The molecule has 2 aliphatic rings. The molecule has 0 bridgehead atoms. The number of nitrogens with zero attached hydrogens (tertiary/aromatic N) is 3. The highest BCUT2D eigenvalue weighted by Gasteiger charge is 2.66. The van der Waals surface area contributed by atoms with Crippen molar-refractivity contribution in [2.45, 2.75) is 121 Å². The Labute approximate surface area is 252 Å². The zero-order valence-electron chi connectivity index (χ0n) is 27.1. The Morgan fingerprint density at radius 3 is 2.21 bits per heavy atom. The van der Waals surface area contributed by atoms with Crippen LogP contribution in [0.5, 0.6) is 0 Å². The van der Waals surface area contributed by atoms with E-state index in [1.54, 1.807) is 7.05 Å². The minimum absolute atomic E-state index is 0.00459. The Kier molecular flexibility index (Phi) is 9.10. The van der Waals surface area contributed by atoms with E-state index in [2.05, 4.69) is 107 Å². The molecule has 10 nitrogen and oxygen atoms in total. The number of rotatable bonds is 6. The highest BCUT2D eigenvalue weighted by atomic mass is 28.5. The molecule has 4 heterocycles. The molecule has 2 aromatic heterocycles. The highest BCUT2D eigenvalue weighted by molar-refractivity contribution is 6.84. The number of hydrogen-bond donors (Lipinski definition) is 2. The summed E-state index contributed by atoms with van der Waals surface area (Å²) in [5.41, 5.74) is 1.07. The zero-order valence-corrected chi connectivity index (χ0v) is 30.1. The van der Waals surface area contributed by atoms with E-state index in [1.807, 2.05) is 0 Å². The molecule has 4 atom stereocenters. The summed E-state index contributed by atoms with van der Waals surface area (Å²) >= 11 is 0. The lowest BCUT2D eigenvalue weighted by atomic mass is 9.97. The van der Waals surface area contributed by atoms with E-state index < -0.39 is 54.9 Å². The van der Waals surface area contributed by atoms with Gasteiger partial charge in [0.25, 0.3) is 5.56 Å². The first-order valence-corrected chi connectivity index (χ1v) is 22.4. The highest BCUT2D eigenvalue weighted by Crippen LogP contribution is 2.52. The smallest absolute Gasteiger partial charge is 0.335 e. The molecule has 2 fully saturated rings. The van der Waals surface area contributed by atoms with Crippen molar-refractivity contribution in [2.75, 3.05) is 19.0 Å². The van der Waals surface area contributed by atoms with Gasteiger partial charge in [0.2, 0.25) is 11.6 Å². The van der Waals surface area contributed by atoms with Crippen LogP contribution in [-0.2, 0) is 17.7 Å². The quantitative estimate of drug-likeness (QED) is 0.311. The summed E-state index contributed by atoms with van der Waals surface area (Å²) in [5, 5.41) is 2.85. The molecule has 0 amide bonds. The summed E-state index contributed by atoms with van der Waals surface area (Å²) in [4.78, 5) is 24.2. The fourth-order valence-corrected chi connectivity index (χ4v) is 17.8. The molecule has 2 aromatic rings. The maximum absolute atomic E-state index is 18.1. The first-order valence-electron chi connectivity index (χ1n) is 15.0. The van der Waals surface area contributed by atoms with Gasteiger partial charge >= 0.3 is 17.1 Å². The van der Waals surface area contributed by atoms with E-state index in [-0.39, 0.29) is 45.9 Å². The summed E-state index contributed by atoms with van der Waals surface area (Å²) in [6, 6.07) is 0. The number of aromatic nitrogens is 4. The maximum atomic E-state index is 18.1. The van der Waals surface area contributed by atoms with E-state index in [4.69, 9.17) is 17.7 Å². The van der Waals surface area contributed by atoms with Crippen LogP contribution in [0.3, 0.4) is 0 Å². The van der Waals surface area contributed by atoms with Crippen molar-refractivity contribution in [3.8, 4) is 11.5 Å². The number of H-pyrrole nitrogens is 1. The molecular formula is C28H48FN5O5Si3. The number of fused-ring (bicyclic) bond motifs is 2. The van der Waals surface area contributed by atoms with Crippen molar-refractivity contribution in [1.82, 2.24) is 19.5 Å². The summed E-state index contributed by atoms with van der Waals surface area (Å²) in [7, 11) is -6.43. The molecule has 4 rings (SSSR count). The Morgan fingerprint density at radius 2 is 1.69 bits per heavy atom. The van der Waals surface area contributed by atoms with Gasteiger partial charge < -0.3 is 23.0 Å². The van der Waals surface area contributed by atoms with Gasteiger partial charge in [0.1, 0.15) is 20.3 Å². The minimum atomic E-state index is -3.17. The topological polar surface area (TPSA) is 113 Å². The lowest BCUT2D eigenvalue weighted by molar-refractivity contribution is -0.0568. The van der Waals surface area contributed by atoms with Gasteiger partial charge in [0.15, 0.2) is 17.4 Å². The molecule has 0 radical (unpaired) electrons. The minimum Gasteiger partial charge on any atom is -0.414 e. The second-order valence-corrected chi connectivity index (χ2v) is 27.4. The fraction of sp³-hybridized carbons (Fsp3) is 0.750. The van der Waals surface area contributed by atoms with Crippen LogP contribution >= 0.6 is 0 Å². The number of nitrogens with one attached hydrogen (secondary N) is 2. The van der Waals surface area contributed by atoms with E-state index in [1.165, 1.54) is 10.9 Å². The monoisotopic (exact) mass is 637 g/mol. The second kappa shape index (κ2) is 11.6. The molecule has 2 N–H and O–H groups in total. The largest absolute Gasteiger partial charge is 0.414 e. The van der Waals surface area contributed by atoms with Gasteiger partial charge in [0, 0.05) is 7.05 Å². The fourth-order valence-electron chi connectivity index (χ4n) is 6.06. The van der Waals surface area contributed by atoms with Crippen LogP contribution in [0.25, 0.3) is 11.2 Å². The molecule has 0 spiro atoms. The van der Waals surface area contributed by atoms with E-state index in [9.17, 15) is 4.79 Å². The summed E-state index contributed by atoms with van der Waals surface area (Å²) < 4.78 is 47.4. The average Bonchev–Trinajstić information content (AvgIpc) is 3.40. The van der Waals surface area contributed by atoms with E-state index in [0.717, 1.165) is 0 Å². The number of ether oxygens (including phenoxy) is 1. The normalized spacial score (nSPS) is 27.7. The lowest BCUT2D eigenvalue weighted by Crippen LogP contribution is -2.66. The van der Waals surface area contributed by atoms with Crippen molar-refractivity contribution >= 4 is 42.3 Å². The first kappa shape index (κ1) is 33.0. The summed E-state index contributed by atoms with van der Waals surface area (Å²) in [6.45, 7) is 23.3. The van der Waals surface area contributed by atoms with Gasteiger partial charge in [-0.2, -0.15) is 4.98 Å². The van der Waals surface area contributed by atoms with Crippen molar-refractivity contribution in [1.29, 1.82) is 0 Å². The van der Waals surface area contributed by atoms with Crippen LogP contribution in [0, 0.1) is 11.5 Å². The van der Waals surface area contributed by atoms with Gasteiger partial charge in [-0.1, -0.05) is 81.0 Å². The van der Waals surface area contributed by atoms with Gasteiger partial charge in [-0.05, 0) is 22.2 Å². The van der Waals surface area contributed by atoms with Crippen LogP contribution in [0.4, 0.5) is 10.3 Å². The van der Waals surface area contributed by atoms with Crippen molar-refractivity contribution < 1.29 is 22.1 Å². The molecule has 42 heavy (non-hydrogen) atoms. The van der Waals surface area contributed by atoms with Crippen molar-refractivity contribution in [3.05, 3.63) is 16.7 Å². The van der Waals surface area contributed by atoms with Crippen molar-refractivity contribution in [2.24, 2.45) is 0 Å². The van der Waals surface area contributed by atoms with Crippen molar-refractivity contribution in [3.63, 3.8) is 0 Å². The number of hydrogen-bond acceptors (Lipinski definition) is 8. The Morgan fingerprint density at radius 1 is 1.10 bits per heavy atom. The Balaban J connectivity index is 1.97. The lowest BCUT2D eigenvalue weighted by Gasteiger charge is -2.51. The molecule has 0 saturated carbocycles. The van der Waals surface area contributed by atoms with Crippen LogP contribution in [0.1, 0.15) is 61.6 Å². The van der Waals surface area contributed by atoms with Gasteiger partial charge in [-0.15, -0.1) is 5.54 Å². The van der Waals surface area contributed by atoms with Gasteiger partial charge in [0.05, 0.1) is 12.9 Å². The molecular weight excluding hydrogens is 590 g/mol. The molecule has 2 saturated heterocycles. The number of anilines is 1. The SMILES string of the molecule is CNc1nc2c(ncn2[C@@H]2O[C@H]3CO[Si](C(C)C)(C(C)C)O[Si](C(C)C)(C(C)C)O[C@@H]3C2(F)C#C[Si](C)(C)C)c(=O)[nH]1. The van der Waals surface area contributed by atoms with Crippen LogP contribution in [0.15, 0.2) is 11.1 Å². The Bertz CT molecular complexity index is 1400. The van der Waals surface area contributed by atoms with E-state index >= 15 is 4.39 Å². The van der Waals surface area contributed by atoms with Gasteiger partial charge in [-0.3, -0.25) is 14.3 Å². The predicted molar refractivity (Wildman–Crippen MR) is 170 cm³/mol. The number of aromatic amines is 1. The molecule has 2 aliphatic heterocycles. The second-order valence-electron chi connectivity index (χ2n) is 13.8. The molecule has 234 valence electrons. The third-order valence-corrected chi connectivity index (χ3v) is 19.4. The van der Waals surface area contributed by atoms with E-state index in [0.29, 0.717) is 0 Å². The standard InChI is InChI=1S/C28H48FN5O5Si3/c1-17(2)41(18(3)4)36-15-21-23(38-42(39-41,19(5)6)20(7)8)28(29,13-14-40(10,11)12)26(37-21)34-16-31-22-24(34)32-27(30-9)33-25(22)35/h16-21,23,26H,15H2,1-12H3,(H2,30,32,33,35)/t21-,23-,26+,28?/m0/s1. The molecule has 0 aliphatic carbocycles. The zero-order chi connectivity index (χ0) is 31.4. The molecule has 14 heteroatoms. The first-order chi connectivity index (χ1) is 19.4. The van der Waals surface area contributed by atoms with Crippen LogP contribution in [-0.4, -0.2) is 76.2 Å². The predicted octanol–water partition coefficient (Wildman–Crippen LogP) is 5.60. The summed E-state index contributed by atoms with van der Waals surface area (Å²) in [6.07, 6.45) is -1.73. The maximum Gasteiger partial charge on any atom is 0.335 e. The Hall–Kier alpha value is -1.87.